The van der Waals surface area contributed by atoms with Crippen LogP contribution in [0, 0.1) is 5.92 Å². The van der Waals surface area contributed by atoms with Crippen LogP contribution in [0.25, 0.3) is 10.4 Å². The molecule has 0 amide bonds. The first-order valence-electron chi connectivity index (χ1n) is 8.43. The molecule has 2 aliphatic heterocycles. The molecule has 0 aromatic heterocycles. The van der Waals surface area contributed by atoms with Crippen molar-refractivity contribution in [1.29, 1.82) is 0 Å². The lowest BCUT2D eigenvalue weighted by Crippen LogP contribution is -2.65. The fourth-order valence-corrected chi connectivity index (χ4v) is 5.89. The van der Waals surface area contributed by atoms with E-state index in [4.69, 9.17) is 10.3 Å². The van der Waals surface area contributed by atoms with Gasteiger partial charge in [-0.25, -0.2) is 0 Å². The average Bonchev–Trinajstić information content (AvgIpc) is 2.90. The maximum atomic E-state index is 10.3. The molecule has 1 aromatic carbocycles. The Balaban J connectivity index is 1.78. The largest absolute Gasteiger partial charge is 0.504 e. The van der Waals surface area contributed by atoms with Crippen molar-refractivity contribution in [3.63, 3.8) is 0 Å². The van der Waals surface area contributed by atoms with Crippen LogP contribution in [-0.4, -0.2) is 41.8 Å². The number of nitrogens with zero attached hydrogens (tertiary/aromatic N) is 4. The lowest BCUT2D eigenvalue weighted by atomic mass is 9.51. The van der Waals surface area contributed by atoms with Crippen LogP contribution < -0.4 is 4.74 Å². The summed E-state index contributed by atoms with van der Waals surface area (Å²) in [5.74, 6) is 1.40. The molecule has 6 nitrogen and oxygen atoms in total. The number of phenols is 1. The van der Waals surface area contributed by atoms with E-state index in [1.54, 1.807) is 6.07 Å². The van der Waals surface area contributed by atoms with Gasteiger partial charge in [-0.2, -0.15) is 0 Å². The van der Waals surface area contributed by atoms with E-state index in [1.165, 1.54) is 11.1 Å². The molecule has 1 spiro atoms. The van der Waals surface area contributed by atoms with Gasteiger partial charge in [0.2, 0.25) is 0 Å². The normalized spacial score (nSPS) is 40.0. The Morgan fingerprint density at radius 1 is 1.43 bits per heavy atom. The first-order chi connectivity index (χ1) is 11.2. The summed E-state index contributed by atoms with van der Waals surface area (Å²) in [6.45, 7) is 1.03. The summed E-state index contributed by atoms with van der Waals surface area (Å²) >= 11 is 0. The summed E-state index contributed by atoms with van der Waals surface area (Å²) in [7, 11) is 2.22. The molecule has 4 aliphatic rings. The van der Waals surface area contributed by atoms with Gasteiger partial charge in [-0.1, -0.05) is 11.2 Å². The van der Waals surface area contributed by atoms with E-state index in [9.17, 15) is 5.11 Å². The number of phenolic OH excluding ortho intramolecular Hbond substituents is 1. The highest BCUT2D eigenvalue weighted by Crippen LogP contribution is 2.63. The van der Waals surface area contributed by atoms with Gasteiger partial charge in [-0.3, -0.25) is 0 Å². The second kappa shape index (κ2) is 4.34. The summed E-state index contributed by atoms with van der Waals surface area (Å²) in [6.07, 6.45) is 3.84. The van der Waals surface area contributed by atoms with Gasteiger partial charge < -0.3 is 14.7 Å². The second-order valence-corrected chi connectivity index (χ2v) is 7.48. The van der Waals surface area contributed by atoms with E-state index in [1.807, 2.05) is 0 Å². The number of benzene rings is 1. The molecule has 1 aromatic rings. The zero-order valence-corrected chi connectivity index (χ0v) is 13.1. The molecule has 120 valence electrons. The predicted octanol–water partition coefficient (Wildman–Crippen LogP) is 2.74. The van der Waals surface area contributed by atoms with Crippen molar-refractivity contribution in [2.75, 3.05) is 13.6 Å². The van der Waals surface area contributed by atoms with Crippen LogP contribution in [0.2, 0.25) is 0 Å². The molecule has 5 rings (SSSR count). The summed E-state index contributed by atoms with van der Waals surface area (Å²) in [4.78, 5) is 5.54. The van der Waals surface area contributed by atoms with E-state index in [2.05, 4.69) is 28.0 Å². The van der Waals surface area contributed by atoms with Crippen LogP contribution in [0.3, 0.4) is 0 Å². The van der Waals surface area contributed by atoms with Crippen LogP contribution in [0.1, 0.15) is 30.4 Å². The lowest BCUT2D eigenvalue weighted by Gasteiger charge is -2.58. The fraction of sp³-hybridized carbons (Fsp3) is 0.647. The Morgan fingerprint density at radius 2 is 2.30 bits per heavy atom. The molecular weight excluding hydrogens is 292 g/mol. The molecular formula is C17H20N4O2. The highest BCUT2D eigenvalue weighted by atomic mass is 16.5. The zero-order valence-electron chi connectivity index (χ0n) is 13.1. The van der Waals surface area contributed by atoms with Crippen LogP contribution in [-0.2, 0) is 11.8 Å². The lowest BCUT2D eigenvalue weighted by molar-refractivity contribution is -0.0509. The minimum Gasteiger partial charge on any atom is -0.504 e. The quantitative estimate of drug-likeness (QED) is 0.492. The van der Waals surface area contributed by atoms with Gasteiger partial charge in [0, 0.05) is 21.9 Å². The summed E-state index contributed by atoms with van der Waals surface area (Å²) < 4.78 is 6.28. The molecule has 5 atom stereocenters. The van der Waals surface area contributed by atoms with Crippen molar-refractivity contribution in [3.8, 4) is 11.5 Å². The number of hydrogen-bond donors (Lipinski definition) is 1. The molecule has 1 saturated carbocycles. The predicted molar refractivity (Wildman–Crippen MR) is 84.6 cm³/mol. The number of aromatic hydroxyl groups is 1. The Labute approximate surface area is 134 Å². The van der Waals surface area contributed by atoms with E-state index in [-0.39, 0.29) is 23.3 Å². The maximum absolute atomic E-state index is 10.3. The molecule has 6 heteroatoms. The van der Waals surface area contributed by atoms with Crippen molar-refractivity contribution in [3.05, 3.63) is 33.7 Å². The minimum atomic E-state index is -0.141. The van der Waals surface area contributed by atoms with E-state index < -0.39 is 0 Å². The van der Waals surface area contributed by atoms with Crippen molar-refractivity contribution in [2.45, 2.75) is 49.3 Å². The topological polar surface area (TPSA) is 81.5 Å². The first kappa shape index (κ1) is 13.5. The Morgan fingerprint density at radius 3 is 3.13 bits per heavy atom. The van der Waals surface area contributed by atoms with Crippen LogP contribution >= 0.6 is 0 Å². The number of rotatable bonds is 1. The number of likely N-dealkylation sites (N-methyl/N-ethyl adjacent to an activating group) is 1. The molecule has 1 N–H and O–H groups in total. The highest BCUT2D eigenvalue weighted by Gasteiger charge is 2.65. The number of likely N-dealkylation sites (tertiary alicyclic amines) is 1. The van der Waals surface area contributed by atoms with E-state index >= 15 is 0 Å². The van der Waals surface area contributed by atoms with Gasteiger partial charge in [0.15, 0.2) is 11.5 Å². The van der Waals surface area contributed by atoms with Gasteiger partial charge in [-0.15, -0.1) is 0 Å². The molecule has 2 aliphatic carbocycles. The number of hydrogen-bond acceptors (Lipinski definition) is 4. The molecule has 2 bridgehead atoms. The summed E-state index contributed by atoms with van der Waals surface area (Å²) in [6, 6.07) is 4.19. The van der Waals surface area contributed by atoms with Crippen LogP contribution in [0.4, 0.5) is 0 Å². The number of piperidine rings is 1. The third-order valence-electron chi connectivity index (χ3n) is 6.76. The number of azide groups is 1. The standard InChI is InChI=1S/C17H20N4O2/c1-21-7-6-17-10-3-4-11(19-20-18)16(17)23-15-13(22)5-2-9(14(15)17)8-12(10)21/h2,5,10-12,16,22H,3-4,6-8H2,1H3. The van der Waals surface area contributed by atoms with Gasteiger partial charge >= 0.3 is 0 Å². The van der Waals surface area contributed by atoms with Crippen molar-refractivity contribution in [1.82, 2.24) is 4.90 Å². The first-order valence-corrected chi connectivity index (χ1v) is 8.43. The van der Waals surface area contributed by atoms with Gasteiger partial charge in [0.25, 0.3) is 0 Å². The maximum Gasteiger partial charge on any atom is 0.165 e. The second-order valence-electron chi connectivity index (χ2n) is 7.48. The molecule has 2 fully saturated rings. The SMILES string of the molecule is CN1CCC23c4c5ccc(O)c4OC2C(N=[N+]=[N-])CCC3C1C5. The number of ether oxygens (including phenoxy) is 1. The Hall–Kier alpha value is -1.91. The third kappa shape index (κ3) is 1.46. The van der Waals surface area contributed by atoms with Gasteiger partial charge in [0.05, 0.1) is 6.04 Å². The zero-order chi connectivity index (χ0) is 15.8. The highest BCUT2D eigenvalue weighted by molar-refractivity contribution is 5.60. The minimum absolute atomic E-state index is 0.0874. The summed E-state index contributed by atoms with van der Waals surface area (Å²) in [5.41, 5.74) is 11.4. The van der Waals surface area contributed by atoms with E-state index in [0.717, 1.165) is 32.2 Å². The third-order valence-corrected chi connectivity index (χ3v) is 6.76. The Kier molecular flexibility index (Phi) is 2.55. The van der Waals surface area contributed by atoms with Crippen molar-refractivity contribution >= 4 is 0 Å². The molecule has 5 unspecified atom stereocenters. The molecule has 2 heterocycles. The van der Waals surface area contributed by atoms with Gasteiger partial charge in [0.1, 0.15) is 6.10 Å². The fourth-order valence-electron chi connectivity index (χ4n) is 5.89. The smallest absolute Gasteiger partial charge is 0.165 e. The monoisotopic (exact) mass is 312 g/mol. The van der Waals surface area contributed by atoms with Crippen LogP contribution in [0.15, 0.2) is 17.2 Å². The average molecular weight is 312 g/mol. The van der Waals surface area contributed by atoms with Crippen LogP contribution in [0.5, 0.6) is 11.5 Å². The van der Waals surface area contributed by atoms with Gasteiger partial charge in [-0.05, 0) is 62.4 Å². The molecule has 23 heavy (non-hydrogen) atoms. The van der Waals surface area contributed by atoms with E-state index in [0.29, 0.717) is 17.7 Å². The Bertz CT molecular complexity index is 744. The summed E-state index contributed by atoms with van der Waals surface area (Å²) in [5, 5.41) is 14.4. The molecule has 0 radical (unpaired) electrons. The molecule has 1 saturated heterocycles. The van der Waals surface area contributed by atoms with Crippen molar-refractivity contribution < 1.29 is 9.84 Å². The van der Waals surface area contributed by atoms with Crippen molar-refractivity contribution in [2.24, 2.45) is 11.0 Å².